The van der Waals surface area contributed by atoms with Crippen LogP contribution in [0.5, 0.6) is 5.75 Å². The second-order valence-corrected chi connectivity index (χ2v) is 5.16. The highest BCUT2D eigenvalue weighted by atomic mass is 16.5. The molecule has 0 bridgehead atoms. The van der Waals surface area contributed by atoms with Crippen LogP contribution in [0.2, 0.25) is 0 Å². The highest BCUT2D eigenvalue weighted by molar-refractivity contribution is 5.68. The molecule has 0 aliphatic carbocycles. The van der Waals surface area contributed by atoms with Crippen LogP contribution in [-0.4, -0.2) is 30.3 Å². The number of ether oxygens (including phenoxy) is 1. The summed E-state index contributed by atoms with van der Waals surface area (Å²) < 4.78 is 5.80. The van der Waals surface area contributed by atoms with Crippen LogP contribution in [0, 0.1) is 0 Å². The predicted molar refractivity (Wildman–Crippen MR) is 81.5 cm³/mol. The molecule has 0 radical (unpaired) electrons. The first kappa shape index (κ1) is 16.1. The van der Waals surface area contributed by atoms with Gasteiger partial charge in [-0.05, 0) is 32.9 Å². The number of carboxylic acids is 1. The van der Waals surface area contributed by atoms with E-state index in [1.165, 1.54) is 0 Å². The van der Waals surface area contributed by atoms with Crippen LogP contribution < -0.4 is 9.64 Å². The summed E-state index contributed by atoms with van der Waals surface area (Å²) in [6.07, 6.45) is 0.158. The van der Waals surface area contributed by atoms with Crippen molar-refractivity contribution in [1.29, 1.82) is 0 Å². The second kappa shape index (κ2) is 7.58. The molecule has 0 aliphatic rings. The molecule has 0 fully saturated rings. The molecule has 20 heavy (non-hydrogen) atoms. The van der Waals surface area contributed by atoms with Gasteiger partial charge in [0.2, 0.25) is 0 Å². The molecule has 0 heterocycles. The van der Waals surface area contributed by atoms with E-state index in [9.17, 15) is 4.79 Å². The lowest BCUT2D eigenvalue weighted by molar-refractivity contribution is -0.136. The Kier molecular flexibility index (Phi) is 6.10. The van der Waals surface area contributed by atoms with Crippen molar-refractivity contribution in [2.24, 2.45) is 0 Å². The first-order valence-corrected chi connectivity index (χ1v) is 6.77. The summed E-state index contributed by atoms with van der Waals surface area (Å²) in [6, 6.07) is 7.69. The van der Waals surface area contributed by atoms with Crippen molar-refractivity contribution >= 4 is 11.7 Å². The Morgan fingerprint density at radius 3 is 2.60 bits per heavy atom. The number of carbonyl (C=O) groups is 1. The molecule has 1 aromatic carbocycles. The third-order valence-electron chi connectivity index (χ3n) is 2.62. The van der Waals surface area contributed by atoms with Crippen molar-refractivity contribution in [2.45, 2.75) is 33.3 Å². The van der Waals surface area contributed by atoms with Gasteiger partial charge in [-0.15, -0.1) is 0 Å². The smallest absolute Gasteiger partial charge is 0.305 e. The van der Waals surface area contributed by atoms with Crippen molar-refractivity contribution in [3.8, 4) is 5.75 Å². The van der Waals surface area contributed by atoms with Crippen LogP contribution in [0.3, 0.4) is 0 Å². The molecule has 0 aliphatic heterocycles. The maximum Gasteiger partial charge on any atom is 0.305 e. The number of carboxylic acid groups (broad SMARTS) is 1. The zero-order valence-corrected chi connectivity index (χ0v) is 12.4. The maximum atomic E-state index is 10.8. The van der Waals surface area contributed by atoms with E-state index in [1.54, 1.807) is 0 Å². The summed E-state index contributed by atoms with van der Waals surface area (Å²) in [7, 11) is 0. The average molecular weight is 277 g/mol. The number of hydrogen-bond donors (Lipinski definition) is 1. The molecule has 0 aromatic heterocycles. The van der Waals surface area contributed by atoms with Crippen LogP contribution in [-0.2, 0) is 4.79 Å². The molecule has 110 valence electrons. The predicted octanol–water partition coefficient (Wildman–Crippen LogP) is 3.33. The SMILES string of the molecule is C=C(C)CN(CCC(=O)O)c1ccccc1OC(C)C. The first-order valence-electron chi connectivity index (χ1n) is 6.77. The van der Waals surface area contributed by atoms with Gasteiger partial charge in [-0.1, -0.05) is 24.3 Å². The van der Waals surface area contributed by atoms with Gasteiger partial charge in [0.05, 0.1) is 18.2 Å². The highest BCUT2D eigenvalue weighted by Gasteiger charge is 2.14. The quantitative estimate of drug-likeness (QED) is 0.740. The second-order valence-electron chi connectivity index (χ2n) is 5.16. The largest absolute Gasteiger partial charge is 0.489 e. The summed E-state index contributed by atoms with van der Waals surface area (Å²) >= 11 is 0. The molecule has 0 saturated carbocycles. The molecule has 0 unspecified atom stereocenters. The molecule has 0 spiro atoms. The van der Waals surface area contributed by atoms with E-state index < -0.39 is 5.97 Å². The van der Waals surface area contributed by atoms with Crippen LogP contribution in [0.25, 0.3) is 0 Å². The first-order chi connectivity index (χ1) is 9.40. The fraction of sp³-hybridized carbons (Fsp3) is 0.438. The molecule has 0 atom stereocenters. The fourth-order valence-corrected chi connectivity index (χ4v) is 1.91. The van der Waals surface area contributed by atoms with Crippen LogP contribution >= 0.6 is 0 Å². The Bertz CT molecular complexity index is 469. The molecular weight excluding hydrogens is 254 g/mol. The van der Waals surface area contributed by atoms with Crippen molar-refractivity contribution in [1.82, 2.24) is 0 Å². The lowest BCUT2D eigenvalue weighted by atomic mass is 10.2. The number of anilines is 1. The van der Waals surface area contributed by atoms with Crippen molar-refractivity contribution in [3.05, 3.63) is 36.4 Å². The Labute approximate surface area is 120 Å². The zero-order chi connectivity index (χ0) is 15.1. The lowest BCUT2D eigenvalue weighted by Gasteiger charge is -2.27. The van der Waals surface area contributed by atoms with Crippen LogP contribution in [0.1, 0.15) is 27.2 Å². The van der Waals surface area contributed by atoms with Crippen molar-refractivity contribution in [3.63, 3.8) is 0 Å². The topological polar surface area (TPSA) is 49.8 Å². The van der Waals surface area contributed by atoms with Gasteiger partial charge >= 0.3 is 5.97 Å². The normalized spacial score (nSPS) is 10.4. The molecule has 1 rings (SSSR count). The summed E-state index contributed by atoms with van der Waals surface area (Å²) in [6.45, 7) is 10.8. The number of nitrogens with zero attached hydrogens (tertiary/aromatic N) is 1. The number of benzene rings is 1. The van der Waals surface area contributed by atoms with Gasteiger partial charge in [0, 0.05) is 13.1 Å². The minimum atomic E-state index is -0.807. The minimum Gasteiger partial charge on any atom is -0.489 e. The number of hydrogen-bond acceptors (Lipinski definition) is 3. The standard InChI is InChI=1S/C16H23NO3/c1-12(2)11-17(10-9-16(18)19)14-7-5-6-8-15(14)20-13(3)4/h5-8,13H,1,9-11H2,2-4H3,(H,18,19). The molecule has 1 aromatic rings. The van der Waals surface area contributed by atoms with Crippen molar-refractivity contribution in [2.75, 3.05) is 18.0 Å². The Morgan fingerprint density at radius 2 is 2.05 bits per heavy atom. The summed E-state index contributed by atoms with van der Waals surface area (Å²) in [4.78, 5) is 12.8. The fourth-order valence-electron chi connectivity index (χ4n) is 1.91. The van der Waals surface area contributed by atoms with E-state index in [4.69, 9.17) is 9.84 Å². The molecular formula is C16H23NO3. The summed E-state index contributed by atoms with van der Waals surface area (Å²) in [5.74, 6) is -0.0342. The number of para-hydroxylation sites is 2. The zero-order valence-electron chi connectivity index (χ0n) is 12.4. The van der Waals surface area contributed by atoms with Crippen molar-refractivity contribution < 1.29 is 14.6 Å². The highest BCUT2D eigenvalue weighted by Crippen LogP contribution is 2.29. The summed E-state index contributed by atoms with van der Waals surface area (Å²) in [5, 5.41) is 8.88. The summed E-state index contributed by atoms with van der Waals surface area (Å²) in [5.41, 5.74) is 1.89. The van der Waals surface area contributed by atoms with E-state index in [2.05, 4.69) is 6.58 Å². The maximum absolute atomic E-state index is 10.8. The monoisotopic (exact) mass is 277 g/mol. The number of rotatable bonds is 8. The average Bonchev–Trinajstić information content (AvgIpc) is 2.34. The van der Waals surface area contributed by atoms with Crippen LogP contribution in [0.15, 0.2) is 36.4 Å². The van der Waals surface area contributed by atoms with E-state index in [0.29, 0.717) is 13.1 Å². The van der Waals surface area contributed by atoms with Gasteiger partial charge in [-0.2, -0.15) is 0 Å². The molecule has 4 heteroatoms. The van der Waals surface area contributed by atoms with Gasteiger partial charge < -0.3 is 14.7 Å². The van der Waals surface area contributed by atoms with Gasteiger partial charge in [-0.3, -0.25) is 4.79 Å². The lowest BCUT2D eigenvalue weighted by Crippen LogP contribution is -2.28. The van der Waals surface area contributed by atoms with E-state index >= 15 is 0 Å². The van der Waals surface area contributed by atoms with Gasteiger partial charge in [0.1, 0.15) is 5.75 Å². The van der Waals surface area contributed by atoms with Crippen LogP contribution in [0.4, 0.5) is 5.69 Å². The Morgan fingerprint density at radius 1 is 1.40 bits per heavy atom. The van der Waals surface area contributed by atoms with E-state index in [0.717, 1.165) is 17.0 Å². The van der Waals surface area contributed by atoms with E-state index in [-0.39, 0.29) is 12.5 Å². The van der Waals surface area contributed by atoms with Gasteiger partial charge in [-0.25, -0.2) is 0 Å². The Hall–Kier alpha value is -1.97. The molecule has 0 saturated heterocycles. The minimum absolute atomic E-state index is 0.0716. The third kappa shape index (κ3) is 5.34. The van der Waals surface area contributed by atoms with E-state index in [1.807, 2.05) is 49.9 Å². The molecule has 4 nitrogen and oxygen atoms in total. The van der Waals surface area contributed by atoms with Gasteiger partial charge in [0.15, 0.2) is 0 Å². The molecule has 0 amide bonds. The third-order valence-corrected chi connectivity index (χ3v) is 2.62. The van der Waals surface area contributed by atoms with Gasteiger partial charge in [0.25, 0.3) is 0 Å². The Balaban J connectivity index is 2.99. The molecule has 1 N–H and O–H groups in total. The number of aliphatic carboxylic acids is 1.